The highest BCUT2D eigenvalue weighted by Crippen LogP contribution is 2.70. The number of alkyl halides is 3. The number of pyridine rings is 1. The molecule has 3 unspecified atom stereocenters. The van der Waals surface area contributed by atoms with Crippen molar-refractivity contribution < 1.29 is 44.4 Å². The molecule has 1 saturated carbocycles. The smallest absolute Gasteiger partial charge is 0.405 e. The molecule has 2 aliphatic heterocycles. The van der Waals surface area contributed by atoms with E-state index in [2.05, 4.69) is 9.17 Å². The first-order chi connectivity index (χ1) is 15.7. The van der Waals surface area contributed by atoms with E-state index in [0.29, 0.717) is 6.42 Å². The molecule has 1 aromatic heterocycles. The Kier molecular flexibility index (Phi) is 5.80. The van der Waals surface area contributed by atoms with Gasteiger partial charge in [0.15, 0.2) is 5.75 Å². The minimum Gasteiger partial charge on any atom is -0.405 e. The second kappa shape index (κ2) is 7.59. The van der Waals surface area contributed by atoms with E-state index in [1.165, 1.54) is 12.3 Å². The molecule has 1 aliphatic carbocycles. The van der Waals surface area contributed by atoms with Gasteiger partial charge in [-0.2, -0.15) is 21.6 Å². The third-order valence-electron chi connectivity index (χ3n) is 8.34. The molecule has 3 fully saturated rings. The first-order valence-corrected chi connectivity index (χ1v) is 12.8. The first kappa shape index (κ1) is 26.7. The molecule has 194 valence electrons. The van der Waals surface area contributed by atoms with Crippen molar-refractivity contribution in [2.24, 2.45) is 5.41 Å². The molecule has 35 heavy (non-hydrogen) atoms. The summed E-state index contributed by atoms with van der Waals surface area (Å²) in [6.45, 7) is 15.2. The highest BCUT2D eigenvalue weighted by atomic mass is 32.2. The van der Waals surface area contributed by atoms with Gasteiger partial charge in [0, 0.05) is 17.5 Å². The zero-order chi connectivity index (χ0) is 26.5. The Balaban J connectivity index is 1.61. The molecule has 4 rings (SSSR count). The normalized spacial score (nSPS) is 33.7. The average Bonchev–Trinajstić information content (AvgIpc) is 3.23. The fraction of sp³-hybridized carbons (Fsp3) is 0.762. The molecule has 0 radical (unpaired) electrons. The van der Waals surface area contributed by atoms with Crippen molar-refractivity contribution >= 4 is 24.1 Å². The van der Waals surface area contributed by atoms with Crippen molar-refractivity contribution in [1.29, 1.82) is 0 Å². The lowest BCUT2D eigenvalue weighted by Crippen LogP contribution is -2.51. The summed E-state index contributed by atoms with van der Waals surface area (Å²) in [7, 11) is -7.48. The number of hydrogen-bond acceptors (Lipinski definition) is 8. The molecule has 0 bridgehead atoms. The maximum atomic E-state index is 12.9. The van der Waals surface area contributed by atoms with Gasteiger partial charge in [0.1, 0.15) is 0 Å². The summed E-state index contributed by atoms with van der Waals surface area (Å²) in [6.07, 6.45) is 1.85. The van der Waals surface area contributed by atoms with Crippen LogP contribution in [-0.2, 0) is 28.7 Å². The number of hydrogen-bond donors (Lipinski definition) is 0. The molecule has 0 N–H and O–H groups in total. The van der Waals surface area contributed by atoms with Gasteiger partial charge in [-0.3, -0.25) is 4.98 Å². The van der Waals surface area contributed by atoms with Crippen LogP contribution in [0.2, 0.25) is 0 Å². The van der Waals surface area contributed by atoms with Crippen LogP contribution in [0.4, 0.5) is 13.2 Å². The van der Waals surface area contributed by atoms with Crippen molar-refractivity contribution in [3.8, 4) is 5.75 Å². The molecule has 0 spiro atoms. The van der Waals surface area contributed by atoms with Crippen LogP contribution < -0.4 is 4.18 Å². The molecule has 1 aromatic rings. The number of rotatable bonds is 5. The third-order valence-corrected chi connectivity index (χ3v) is 9.31. The maximum Gasteiger partial charge on any atom is 0.534 e. The van der Waals surface area contributed by atoms with Crippen LogP contribution in [0.5, 0.6) is 5.75 Å². The van der Waals surface area contributed by atoms with Crippen molar-refractivity contribution in [2.75, 3.05) is 0 Å². The van der Waals surface area contributed by atoms with Crippen molar-refractivity contribution in [2.45, 2.75) is 95.6 Å². The molecule has 8 nitrogen and oxygen atoms in total. The Labute approximate surface area is 204 Å². The minimum atomic E-state index is -5.84. The topological polar surface area (TPSA) is 93.2 Å². The summed E-state index contributed by atoms with van der Waals surface area (Å²) in [6, 6.07) is 2.48. The van der Waals surface area contributed by atoms with Crippen LogP contribution in [0.25, 0.3) is 0 Å². The summed E-state index contributed by atoms with van der Waals surface area (Å²) >= 11 is 0. The van der Waals surface area contributed by atoms with Gasteiger partial charge in [-0.25, -0.2) is 0 Å². The van der Waals surface area contributed by atoms with Gasteiger partial charge >= 0.3 is 29.6 Å². The van der Waals surface area contributed by atoms with Crippen molar-refractivity contribution in [3.05, 3.63) is 24.0 Å². The van der Waals surface area contributed by atoms with Crippen LogP contribution in [-0.4, -0.2) is 55.3 Å². The fourth-order valence-corrected chi connectivity index (χ4v) is 5.40. The largest absolute Gasteiger partial charge is 0.534 e. The highest BCUT2D eigenvalue weighted by molar-refractivity contribution is 7.88. The van der Waals surface area contributed by atoms with Crippen LogP contribution in [0.3, 0.4) is 0 Å². The summed E-state index contributed by atoms with van der Waals surface area (Å²) in [5.41, 5.74) is -9.09. The van der Waals surface area contributed by atoms with Crippen LogP contribution in [0.15, 0.2) is 18.3 Å². The van der Waals surface area contributed by atoms with E-state index in [1.54, 1.807) is 0 Å². The Bertz CT molecular complexity index is 1110. The first-order valence-electron chi connectivity index (χ1n) is 11.3. The van der Waals surface area contributed by atoms with Crippen molar-refractivity contribution in [3.63, 3.8) is 0 Å². The molecule has 0 amide bonds. The number of aromatic nitrogens is 1. The van der Waals surface area contributed by atoms with E-state index >= 15 is 0 Å². The Hall–Kier alpha value is -1.34. The van der Waals surface area contributed by atoms with Gasteiger partial charge in [0.2, 0.25) is 0 Å². The lowest BCUT2D eigenvalue weighted by atomic mass is 9.49. The summed E-state index contributed by atoms with van der Waals surface area (Å²) in [4.78, 5) is 4.18. The summed E-state index contributed by atoms with van der Waals surface area (Å²) in [5, 5.41) is 0. The molecule has 3 aliphatic rings. The van der Waals surface area contributed by atoms with E-state index < -0.39 is 69.1 Å². The second-order valence-corrected chi connectivity index (χ2v) is 12.9. The van der Waals surface area contributed by atoms with Crippen LogP contribution >= 0.6 is 0 Å². The van der Waals surface area contributed by atoms with E-state index in [9.17, 15) is 21.6 Å². The van der Waals surface area contributed by atoms with Crippen molar-refractivity contribution in [1.82, 2.24) is 4.98 Å². The van der Waals surface area contributed by atoms with E-state index in [1.807, 2.05) is 55.4 Å². The maximum absolute atomic E-state index is 12.9. The molecule has 0 aromatic carbocycles. The zero-order valence-electron chi connectivity index (χ0n) is 21.0. The number of halogens is 3. The molecule has 2 saturated heterocycles. The van der Waals surface area contributed by atoms with E-state index in [4.69, 9.17) is 18.6 Å². The van der Waals surface area contributed by atoms with Gasteiger partial charge in [0.25, 0.3) is 0 Å². The fourth-order valence-electron chi connectivity index (χ4n) is 4.93. The highest BCUT2D eigenvalue weighted by Gasteiger charge is 2.75. The predicted octanol–water partition coefficient (Wildman–Crippen LogP) is 4.05. The molecule has 3 atom stereocenters. The monoisotopic (exact) mass is 519 g/mol. The summed E-state index contributed by atoms with van der Waals surface area (Å²) < 4.78 is 91.5. The molecular formula is C21H30B2F3NO7S. The molecule has 14 heteroatoms. The minimum absolute atomic E-state index is 0.113. The van der Waals surface area contributed by atoms with Crippen LogP contribution in [0, 0.1) is 5.41 Å². The predicted molar refractivity (Wildman–Crippen MR) is 122 cm³/mol. The molecule has 3 heterocycles. The third kappa shape index (κ3) is 4.00. The lowest BCUT2D eigenvalue weighted by Gasteiger charge is -2.42. The van der Waals surface area contributed by atoms with Gasteiger partial charge in [-0.05, 0) is 67.0 Å². The Morgan fingerprint density at radius 2 is 1.46 bits per heavy atom. The lowest BCUT2D eigenvalue weighted by molar-refractivity contribution is -0.0623. The van der Waals surface area contributed by atoms with Gasteiger partial charge in [-0.1, -0.05) is 6.92 Å². The number of nitrogens with zero attached hydrogens (tertiary/aromatic N) is 1. The zero-order valence-corrected chi connectivity index (χ0v) is 21.8. The standard InChI is InChI=1S/C21H30B2F3NO7S/c1-16(2)17(3,4)32-22(31-16)23-33-18(5,6)20(8,34-23)19(7)12-13(19)15-14(10-9-11-27-15)30-35(28,29)21(24,25)26/h9-11,13H,12H2,1-8H3. The van der Waals surface area contributed by atoms with Gasteiger partial charge in [0.05, 0.1) is 28.1 Å². The van der Waals surface area contributed by atoms with Gasteiger partial charge < -0.3 is 22.8 Å². The second-order valence-electron chi connectivity index (χ2n) is 11.3. The molecular weight excluding hydrogens is 489 g/mol. The van der Waals surface area contributed by atoms with Gasteiger partial charge in [-0.15, -0.1) is 0 Å². The SMILES string of the molecule is CC1(C)OB(B2OC(C)(C)C(C)(C3(C)CC3c3ncccc3OS(=O)(=O)C(F)(F)F)O2)OC1(C)C. The van der Waals surface area contributed by atoms with E-state index in [0.717, 1.165) is 6.07 Å². The Morgan fingerprint density at radius 1 is 0.943 bits per heavy atom. The average molecular weight is 519 g/mol. The van der Waals surface area contributed by atoms with E-state index in [-0.39, 0.29) is 5.69 Å². The Morgan fingerprint density at radius 3 is 2.00 bits per heavy atom. The quantitative estimate of drug-likeness (QED) is 0.327. The van der Waals surface area contributed by atoms with Crippen LogP contribution in [0.1, 0.15) is 73.4 Å². The summed E-state index contributed by atoms with van der Waals surface area (Å²) in [5.74, 6) is -0.895.